The first-order chi connectivity index (χ1) is 11.0. The van der Waals surface area contributed by atoms with Crippen LogP contribution in [0.25, 0.3) is 0 Å². The Morgan fingerprint density at radius 3 is 1.04 bits per heavy atom. The van der Waals surface area contributed by atoms with Gasteiger partial charge in [0.05, 0.1) is 0 Å². The van der Waals surface area contributed by atoms with Gasteiger partial charge in [0, 0.05) is 0 Å². The molecule has 23 heavy (non-hydrogen) atoms. The fourth-order valence-corrected chi connectivity index (χ4v) is 3.37. The first kappa shape index (κ1) is 15.5. The van der Waals surface area contributed by atoms with E-state index in [1.54, 1.807) is 0 Å². The van der Waals surface area contributed by atoms with Crippen LogP contribution in [0, 0.1) is 20.8 Å². The summed E-state index contributed by atoms with van der Waals surface area (Å²) in [7, 11) is 0. The first-order valence-corrected chi connectivity index (χ1v) is 7.96. The molecule has 0 fully saturated rings. The van der Waals surface area contributed by atoms with Crippen molar-refractivity contribution in [1.82, 2.24) is 0 Å². The predicted molar refractivity (Wildman–Crippen MR) is 95.6 cm³/mol. The zero-order chi connectivity index (χ0) is 16.4. The van der Waals surface area contributed by atoms with E-state index < -0.39 is 5.60 Å². The van der Waals surface area contributed by atoms with Crippen molar-refractivity contribution in [2.45, 2.75) is 26.4 Å². The van der Waals surface area contributed by atoms with Crippen molar-refractivity contribution in [3.8, 4) is 0 Å². The molecule has 0 atom stereocenters. The Balaban J connectivity index is 2.38. The maximum atomic E-state index is 12.0. The minimum Gasteiger partial charge on any atom is -0.376 e. The first-order valence-electron chi connectivity index (χ1n) is 7.96. The minimum atomic E-state index is -1.15. The topological polar surface area (TPSA) is 20.2 Å². The lowest BCUT2D eigenvalue weighted by Gasteiger charge is -2.34. The van der Waals surface area contributed by atoms with Crippen LogP contribution in [0.3, 0.4) is 0 Å². The number of hydrogen-bond donors (Lipinski definition) is 1. The van der Waals surface area contributed by atoms with Crippen molar-refractivity contribution in [2.75, 3.05) is 0 Å². The Labute approximate surface area is 138 Å². The zero-order valence-corrected chi connectivity index (χ0v) is 13.9. The van der Waals surface area contributed by atoms with Gasteiger partial charge in [0.25, 0.3) is 0 Å². The third-order valence-electron chi connectivity index (χ3n) is 4.60. The second-order valence-electron chi connectivity index (χ2n) is 6.16. The van der Waals surface area contributed by atoms with E-state index in [0.29, 0.717) is 0 Å². The molecule has 1 N–H and O–H groups in total. The SMILES string of the molecule is Cc1ccccc1C(O)(c1ccccc1C)c1ccccc1C. The fraction of sp³-hybridized carbons (Fsp3) is 0.182. The van der Waals surface area contributed by atoms with Crippen LogP contribution in [0.15, 0.2) is 72.8 Å². The van der Waals surface area contributed by atoms with Gasteiger partial charge in [0.1, 0.15) is 5.60 Å². The van der Waals surface area contributed by atoms with E-state index >= 15 is 0 Å². The normalized spacial score (nSPS) is 11.5. The van der Waals surface area contributed by atoms with Crippen molar-refractivity contribution >= 4 is 0 Å². The molecule has 0 radical (unpaired) electrons. The molecule has 0 spiro atoms. The third kappa shape index (κ3) is 2.58. The summed E-state index contributed by atoms with van der Waals surface area (Å²) in [6.07, 6.45) is 0. The monoisotopic (exact) mass is 302 g/mol. The third-order valence-corrected chi connectivity index (χ3v) is 4.60. The number of hydrogen-bond acceptors (Lipinski definition) is 1. The Hall–Kier alpha value is -2.38. The van der Waals surface area contributed by atoms with Crippen LogP contribution in [-0.2, 0) is 5.60 Å². The number of benzene rings is 3. The van der Waals surface area contributed by atoms with Gasteiger partial charge in [-0.25, -0.2) is 0 Å². The van der Waals surface area contributed by atoms with Crippen LogP contribution in [0.2, 0.25) is 0 Å². The van der Waals surface area contributed by atoms with Gasteiger partial charge in [-0.2, -0.15) is 0 Å². The van der Waals surface area contributed by atoms with Gasteiger partial charge < -0.3 is 5.11 Å². The lowest BCUT2D eigenvalue weighted by atomic mass is 9.75. The van der Waals surface area contributed by atoms with Crippen LogP contribution >= 0.6 is 0 Å². The fourth-order valence-electron chi connectivity index (χ4n) is 3.37. The molecule has 0 aliphatic rings. The maximum Gasteiger partial charge on any atom is 0.141 e. The minimum absolute atomic E-state index is 0.934. The summed E-state index contributed by atoms with van der Waals surface area (Å²) in [5.74, 6) is 0. The van der Waals surface area contributed by atoms with Gasteiger partial charge >= 0.3 is 0 Å². The standard InChI is InChI=1S/C22H22O/c1-16-10-4-7-13-19(16)22(23,20-14-8-5-11-17(20)2)21-15-9-6-12-18(21)3/h4-15,23H,1-3H3. The Morgan fingerprint density at radius 2 is 0.783 bits per heavy atom. The van der Waals surface area contributed by atoms with E-state index in [2.05, 4.69) is 39.0 Å². The molecule has 3 aromatic rings. The summed E-state index contributed by atoms with van der Waals surface area (Å²) in [5.41, 5.74) is 4.91. The number of aryl methyl sites for hydroxylation is 3. The molecule has 3 aromatic carbocycles. The lowest BCUT2D eigenvalue weighted by Crippen LogP contribution is -2.31. The lowest BCUT2D eigenvalue weighted by molar-refractivity contribution is 0.123. The van der Waals surface area contributed by atoms with Gasteiger partial charge in [-0.1, -0.05) is 72.8 Å². The van der Waals surface area contributed by atoms with Gasteiger partial charge in [0.15, 0.2) is 0 Å². The van der Waals surface area contributed by atoms with E-state index in [0.717, 1.165) is 33.4 Å². The van der Waals surface area contributed by atoms with Gasteiger partial charge in [0.2, 0.25) is 0 Å². The smallest absolute Gasteiger partial charge is 0.141 e. The summed E-state index contributed by atoms with van der Waals surface area (Å²) in [6.45, 7) is 6.16. The summed E-state index contributed by atoms with van der Waals surface area (Å²) in [5, 5.41) is 12.0. The molecule has 3 rings (SSSR count). The van der Waals surface area contributed by atoms with Crippen LogP contribution in [0.1, 0.15) is 33.4 Å². The summed E-state index contributed by atoms with van der Waals surface area (Å²) >= 11 is 0. The molecular weight excluding hydrogens is 280 g/mol. The maximum absolute atomic E-state index is 12.0. The zero-order valence-electron chi connectivity index (χ0n) is 13.9. The van der Waals surface area contributed by atoms with Crippen molar-refractivity contribution in [3.05, 3.63) is 106 Å². The van der Waals surface area contributed by atoms with Crippen molar-refractivity contribution < 1.29 is 5.11 Å². The highest BCUT2D eigenvalue weighted by atomic mass is 16.3. The number of aliphatic hydroxyl groups is 1. The molecule has 0 aliphatic carbocycles. The Kier molecular flexibility index (Phi) is 4.06. The van der Waals surface area contributed by atoms with Gasteiger partial charge in [-0.05, 0) is 54.2 Å². The molecule has 0 aromatic heterocycles. The highest BCUT2D eigenvalue weighted by Gasteiger charge is 2.36. The van der Waals surface area contributed by atoms with Crippen molar-refractivity contribution in [3.63, 3.8) is 0 Å². The average Bonchev–Trinajstić information content (AvgIpc) is 2.55. The van der Waals surface area contributed by atoms with E-state index in [4.69, 9.17) is 0 Å². The summed E-state index contributed by atoms with van der Waals surface area (Å²) in [6, 6.07) is 24.2. The van der Waals surface area contributed by atoms with Gasteiger partial charge in [-0.3, -0.25) is 0 Å². The van der Waals surface area contributed by atoms with Gasteiger partial charge in [-0.15, -0.1) is 0 Å². The molecule has 0 unspecified atom stereocenters. The van der Waals surface area contributed by atoms with E-state index in [-0.39, 0.29) is 0 Å². The highest BCUT2D eigenvalue weighted by Crippen LogP contribution is 2.40. The molecule has 0 bridgehead atoms. The molecule has 0 amide bonds. The quantitative estimate of drug-likeness (QED) is 0.683. The molecule has 116 valence electrons. The second-order valence-corrected chi connectivity index (χ2v) is 6.16. The number of rotatable bonds is 3. The largest absolute Gasteiger partial charge is 0.376 e. The molecule has 0 saturated heterocycles. The molecule has 0 saturated carbocycles. The molecular formula is C22H22O. The highest BCUT2D eigenvalue weighted by molar-refractivity contribution is 5.53. The summed E-state index contributed by atoms with van der Waals surface area (Å²) < 4.78 is 0. The molecule has 1 nitrogen and oxygen atoms in total. The average molecular weight is 302 g/mol. The second kappa shape index (κ2) is 6.02. The Morgan fingerprint density at radius 1 is 0.522 bits per heavy atom. The van der Waals surface area contributed by atoms with Crippen LogP contribution in [-0.4, -0.2) is 5.11 Å². The van der Waals surface area contributed by atoms with Crippen LogP contribution in [0.4, 0.5) is 0 Å². The van der Waals surface area contributed by atoms with Crippen molar-refractivity contribution in [2.24, 2.45) is 0 Å². The Bertz CT molecular complexity index is 722. The molecule has 0 heterocycles. The molecule has 0 aliphatic heterocycles. The summed E-state index contributed by atoms with van der Waals surface area (Å²) in [4.78, 5) is 0. The van der Waals surface area contributed by atoms with E-state index in [1.165, 1.54) is 0 Å². The molecule has 1 heteroatoms. The van der Waals surface area contributed by atoms with Crippen molar-refractivity contribution in [1.29, 1.82) is 0 Å². The van der Waals surface area contributed by atoms with E-state index in [1.807, 2.05) is 54.6 Å². The van der Waals surface area contributed by atoms with Crippen LogP contribution in [0.5, 0.6) is 0 Å². The predicted octanol–water partition coefficient (Wildman–Crippen LogP) is 4.90. The van der Waals surface area contributed by atoms with E-state index in [9.17, 15) is 5.11 Å². The van der Waals surface area contributed by atoms with Crippen LogP contribution < -0.4 is 0 Å².